The summed E-state index contributed by atoms with van der Waals surface area (Å²) in [6, 6.07) is 5.77. The summed E-state index contributed by atoms with van der Waals surface area (Å²) in [5, 5.41) is 1.98. The Morgan fingerprint density at radius 3 is 2.67 bits per heavy atom. The minimum atomic E-state index is 0.725. The van der Waals surface area contributed by atoms with E-state index in [-0.39, 0.29) is 0 Å². The molecule has 0 bridgehead atoms. The molecule has 2 aromatic rings. The van der Waals surface area contributed by atoms with Crippen molar-refractivity contribution in [1.29, 1.82) is 0 Å². The third-order valence-electron chi connectivity index (χ3n) is 2.11. The standard InChI is InChI=1S/C11H11NO2S/c1-13-10-5-3-4-8(11(10)14-2)9-6-15-7-12-9/h3-7H,1-2H3. The Labute approximate surface area is 92.3 Å². The van der Waals surface area contributed by atoms with Crippen molar-refractivity contribution in [3.05, 3.63) is 29.1 Å². The molecule has 15 heavy (non-hydrogen) atoms. The Balaban J connectivity index is 2.56. The van der Waals surface area contributed by atoms with Gasteiger partial charge in [0.2, 0.25) is 0 Å². The van der Waals surface area contributed by atoms with Gasteiger partial charge in [-0.3, -0.25) is 0 Å². The summed E-state index contributed by atoms with van der Waals surface area (Å²) in [5.74, 6) is 1.45. The van der Waals surface area contributed by atoms with Crippen LogP contribution in [0.15, 0.2) is 29.1 Å². The molecule has 0 spiro atoms. The summed E-state index contributed by atoms with van der Waals surface area (Å²) in [4.78, 5) is 4.25. The first-order valence-corrected chi connectivity index (χ1v) is 5.40. The maximum absolute atomic E-state index is 5.33. The van der Waals surface area contributed by atoms with E-state index in [1.807, 2.05) is 23.6 Å². The second-order valence-electron chi connectivity index (χ2n) is 2.91. The van der Waals surface area contributed by atoms with E-state index < -0.39 is 0 Å². The Morgan fingerprint density at radius 1 is 1.20 bits per heavy atom. The zero-order valence-corrected chi connectivity index (χ0v) is 9.38. The number of benzene rings is 1. The van der Waals surface area contributed by atoms with Gasteiger partial charge in [0.25, 0.3) is 0 Å². The zero-order chi connectivity index (χ0) is 10.7. The van der Waals surface area contributed by atoms with Crippen molar-refractivity contribution >= 4 is 11.3 Å². The van der Waals surface area contributed by atoms with Crippen LogP contribution in [-0.4, -0.2) is 19.2 Å². The lowest BCUT2D eigenvalue weighted by atomic mass is 10.1. The molecule has 0 radical (unpaired) electrons. The first-order valence-electron chi connectivity index (χ1n) is 4.46. The fourth-order valence-electron chi connectivity index (χ4n) is 1.43. The molecule has 0 aliphatic carbocycles. The quantitative estimate of drug-likeness (QED) is 0.798. The number of methoxy groups -OCH3 is 2. The van der Waals surface area contributed by atoms with Gasteiger partial charge < -0.3 is 9.47 Å². The minimum Gasteiger partial charge on any atom is -0.493 e. The number of thiazole rings is 1. The van der Waals surface area contributed by atoms with Crippen LogP contribution in [0.4, 0.5) is 0 Å². The van der Waals surface area contributed by atoms with E-state index in [0.29, 0.717) is 0 Å². The zero-order valence-electron chi connectivity index (χ0n) is 8.56. The molecule has 0 N–H and O–H groups in total. The second kappa shape index (κ2) is 4.31. The monoisotopic (exact) mass is 221 g/mol. The predicted molar refractivity (Wildman–Crippen MR) is 60.7 cm³/mol. The van der Waals surface area contributed by atoms with Gasteiger partial charge in [-0.1, -0.05) is 6.07 Å². The molecule has 2 rings (SSSR count). The van der Waals surface area contributed by atoms with Gasteiger partial charge in [-0.2, -0.15) is 0 Å². The predicted octanol–water partition coefficient (Wildman–Crippen LogP) is 2.83. The highest BCUT2D eigenvalue weighted by molar-refractivity contribution is 7.07. The van der Waals surface area contributed by atoms with Crippen molar-refractivity contribution in [2.75, 3.05) is 14.2 Å². The second-order valence-corrected chi connectivity index (χ2v) is 3.63. The van der Waals surface area contributed by atoms with Crippen molar-refractivity contribution in [3.63, 3.8) is 0 Å². The van der Waals surface area contributed by atoms with Gasteiger partial charge in [0, 0.05) is 10.9 Å². The van der Waals surface area contributed by atoms with E-state index in [2.05, 4.69) is 4.98 Å². The maximum Gasteiger partial charge on any atom is 0.170 e. The number of hydrogen-bond donors (Lipinski definition) is 0. The van der Waals surface area contributed by atoms with Crippen LogP contribution in [0.25, 0.3) is 11.3 Å². The van der Waals surface area contributed by atoms with Gasteiger partial charge in [0.15, 0.2) is 11.5 Å². The van der Waals surface area contributed by atoms with E-state index in [9.17, 15) is 0 Å². The lowest BCUT2D eigenvalue weighted by Crippen LogP contribution is -1.92. The number of ether oxygens (including phenoxy) is 2. The fourth-order valence-corrected chi connectivity index (χ4v) is 1.99. The summed E-state index contributed by atoms with van der Waals surface area (Å²) in [6.07, 6.45) is 0. The molecule has 4 heteroatoms. The average molecular weight is 221 g/mol. The van der Waals surface area contributed by atoms with E-state index in [1.54, 1.807) is 31.1 Å². The number of para-hydroxylation sites is 1. The molecule has 0 fully saturated rings. The molecule has 0 saturated heterocycles. The summed E-state index contributed by atoms with van der Waals surface area (Å²) in [5.41, 5.74) is 3.67. The van der Waals surface area contributed by atoms with Crippen LogP contribution in [0.2, 0.25) is 0 Å². The summed E-state index contributed by atoms with van der Waals surface area (Å²) < 4.78 is 10.6. The van der Waals surface area contributed by atoms with E-state index >= 15 is 0 Å². The lowest BCUT2D eigenvalue weighted by Gasteiger charge is -2.10. The number of rotatable bonds is 3. The van der Waals surface area contributed by atoms with Crippen LogP contribution in [0, 0.1) is 0 Å². The van der Waals surface area contributed by atoms with Gasteiger partial charge in [-0.25, -0.2) is 4.98 Å². The van der Waals surface area contributed by atoms with Gasteiger partial charge in [-0.05, 0) is 12.1 Å². The summed E-state index contributed by atoms with van der Waals surface area (Å²) in [6.45, 7) is 0. The van der Waals surface area contributed by atoms with Crippen molar-refractivity contribution in [3.8, 4) is 22.8 Å². The highest BCUT2D eigenvalue weighted by Gasteiger charge is 2.11. The summed E-state index contributed by atoms with van der Waals surface area (Å²) >= 11 is 1.56. The molecule has 1 heterocycles. The average Bonchev–Trinajstić information content (AvgIpc) is 2.81. The van der Waals surface area contributed by atoms with Crippen LogP contribution in [-0.2, 0) is 0 Å². The maximum atomic E-state index is 5.33. The third kappa shape index (κ3) is 1.80. The van der Waals surface area contributed by atoms with Crippen LogP contribution >= 0.6 is 11.3 Å². The molecular weight excluding hydrogens is 210 g/mol. The first kappa shape index (κ1) is 9.98. The molecule has 0 aliphatic rings. The Bertz CT molecular complexity index is 440. The van der Waals surface area contributed by atoms with Crippen molar-refractivity contribution in [1.82, 2.24) is 4.98 Å². The van der Waals surface area contributed by atoms with E-state index in [1.165, 1.54) is 0 Å². The molecule has 0 amide bonds. The van der Waals surface area contributed by atoms with Gasteiger partial charge in [0.05, 0.1) is 25.4 Å². The molecule has 0 aliphatic heterocycles. The van der Waals surface area contributed by atoms with Crippen LogP contribution in [0.1, 0.15) is 0 Å². The van der Waals surface area contributed by atoms with Crippen LogP contribution in [0.3, 0.4) is 0 Å². The van der Waals surface area contributed by atoms with Crippen molar-refractivity contribution in [2.45, 2.75) is 0 Å². The minimum absolute atomic E-state index is 0.725. The third-order valence-corrected chi connectivity index (χ3v) is 2.70. The van der Waals surface area contributed by atoms with Gasteiger partial charge in [-0.15, -0.1) is 11.3 Å². The normalized spacial score (nSPS) is 10.0. The van der Waals surface area contributed by atoms with Crippen molar-refractivity contribution < 1.29 is 9.47 Å². The Morgan fingerprint density at radius 2 is 2.07 bits per heavy atom. The van der Waals surface area contributed by atoms with E-state index in [4.69, 9.17) is 9.47 Å². The number of aromatic nitrogens is 1. The molecule has 3 nitrogen and oxygen atoms in total. The van der Waals surface area contributed by atoms with Crippen LogP contribution in [0.5, 0.6) is 11.5 Å². The highest BCUT2D eigenvalue weighted by atomic mass is 32.1. The van der Waals surface area contributed by atoms with Gasteiger partial charge in [0.1, 0.15) is 0 Å². The van der Waals surface area contributed by atoms with Crippen molar-refractivity contribution in [2.24, 2.45) is 0 Å². The smallest absolute Gasteiger partial charge is 0.170 e. The topological polar surface area (TPSA) is 31.4 Å². The lowest BCUT2D eigenvalue weighted by molar-refractivity contribution is 0.356. The SMILES string of the molecule is COc1cccc(-c2cscn2)c1OC. The summed E-state index contributed by atoms with van der Waals surface area (Å²) in [7, 11) is 3.26. The Hall–Kier alpha value is -1.55. The molecular formula is C11H11NO2S. The number of hydrogen-bond acceptors (Lipinski definition) is 4. The molecule has 78 valence electrons. The largest absolute Gasteiger partial charge is 0.493 e. The molecule has 0 unspecified atom stereocenters. The van der Waals surface area contributed by atoms with Gasteiger partial charge >= 0.3 is 0 Å². The number of nitrogens with zero attached hydrogens (tertiary/aromatic N) is 1. The van der Waals surface area contributed by atoms with E-state index in [0.717, 1.165) is 22.8 Å². The first-order chi connectivity index (χ1) is 7.36. The highest BCUT2D eigenvalue weighted by Crippen LogP contribution is 2.37. The fraction of sp³-hybridized carbons (Fsp3) is 0.182. The molecule has 0 saturated carbocycles. The Kier molecular flexibility index (Phi) is 2.87. The molecule has 1 aromatic carbocycles. The van der Waals surface area contributed by atoms with Crippen LogP contribution < -0.4 is 9.47 Å². The molecule has 0 atom stereocenters. The molecule has 1 aromatic heterocycles.